The molecule has 1 N–H and O–H groups in total. The lowest BCUT2D eigenvalue weighted by atomic mass is 10.1. The van der Waals surface area contributed by atoms with Gasteiger partial charge in [-0.05, 0) is 43.8 Å². The Kier molecular flexibility index (Phi) is 5.03. The molecule has 0 aliphatic heterocycles. The largest absolute Gasteiger partial charge is 0.348 e. The van der Waals surface area contributed by atoms with Crippen LogP contribution in [0, 0.1) is 6.92 Å². The summed E-state index contributed by atoms with van der Waals surface area (Å²) >= 11 is 0. The molecule has 0 atom stereocenters. The predicted molar refractivity (Wildman–Crippen MR) is 102 cm³/mol. The summed E-state index contributed by atoms with van der Waals surface area (Å²) < 4.78 is 2.28. The van der Waals surface area contributed by atoms with E-state index in [2.05, 4.69) is 91.4 Å². The molecule has 24 heavy (non-hydrogen) atoms. The summed E-state index contributed by atoms with van der Waals surface area (Å²) in [5.41, 5.74) is 6.82. The van der Waals surface area contributed by atoms with E-state index >= 15 is 0 Å². The summed E-state index contributed by atoms with van der Waals surface area (Å²) in [4.78, 5) is 2.22. The number of nitrogens with zero attached hydrogens (tertiary/aromatic N) is 2. The zero-order chi connectivity index (χ0) is 17.1. The molecule has 1 heterocycles. The van der Waals surface area contributed by atoms with Crippen molar-refractivity contribution in [3.05, 3.63) is 70.9 Å². The highest BCUT2D eigenvalue weighted by molar-refractivity contribution is 5.85. The Morgan fingerprint density at radius 2 is 1.58 bits per heavy atom. The van der Waals surface area contributed by atoms with Gasteiger partial charge in [0.05, 0.1) is 0 Å². The number of aromatic nitrogens is 1. The highest BCUT2D eigenvalue weighted by Crippen LogP contribution is 2.24. The molecule has 0 amide bonds. The van der Waals surface area contributed by atoms with Crippen LogP contribution < -0.4 is 5.32 Å². The standard InChI is InChI=1S/C21H27N3/c1-16-20(19-11-7-8-12-21(19)24(16)4)14-22-13-17-9-5-6-10-18(17)15-23(2)3/h5-12,22H,13-15H2,1-4H3. The van der Waals surface area contributed by atoms with Gasteiger partial charge >= 0.3 is 0 Å². The highest BCUT2D eigenvalue weighted by Gasteiger charge is 2.11. The van der Waals surface area contributed by atoms with Crippen LogP contribution in [0.25, 0.3) is 10.9 Å². The molecule has 0 bridgehead atoms. The molecule has 126 valence electrons. The van der Waals surface area contributed by atoms with Crippen LogP contribution >= 0.6 is 0 Å². The molecule has 0 saturated heterocycles. The van der Waals surface area contributed by atoms with Crippen molar-refractivity contribution in [2.75, 3.05) is 14.1 Å². The minimum Gasteiger partial charge on any atom is -0.348 e. The summed E-state index contributed by atoms with van der Waals surface area (Å²) in [6.45, 7) is 4.97. The van der Waals surface area contributed by atoms with Gasteiger partial charge in [-0.3, -0.25) is 0 Å². The number of hydrogen-bond acceptors (Lipinski definition) is 2. The van der Waals surface area contributed by atoms with Gasteiger partial charge in [0.25, 0.3) is 0 Å². The zero-order valence-corrected chi connectivity index (χ0v) is 15.1. The van der Waals surface area contributed by atoms with E-state index in [1.807, 2.05) is 0 Å². The molecule has 3 aromatic rings. The lowest BCUT2D eigenvalue weighted by Crippen LogP contribution is -2.17. The van der Waals surface area contributed by atoms with Crippen LogP contribution in [-0.4, -0.2) is 23.6 Å². The smallest absolute Gasteiger partial charge is 0.0483 e. The van der Waals surface area contributed by atoms with Crippen molar-refractivity contribution < 1.29 is 0 Å². The minimum absolute atomic E-state index is 0.892. The number of rotatable bonds is 6. The number of aryl methyl sites for hydroxylation is 1. The third-order valence-corrected chi connectivity index (χ3v) is 4.75. The third kappa shape index (κ3) is 3.37. The number of benzene rings is 2. The first-order valence-electron chi connectivity index (χ1n) is 8.53. The average Bonchev–Trinajstić information content (AvgIpc) is 2.81. The molecule has 0 fully saturated rings. The van der Waals surface area contributed by atoms with Gasteiger partial charge in [0.1, 0.15) is 0 Å². The fourth-order valence-corrected chi connectivity index (χ4v) is 3.37. The molecule has 0 radical (unpaired) electrons. The van der Waals surface area contributed by atoms with Crippen LogP contribution in [0.15, 0.2) is 48.5 Å². The van der Waals surface area contributed by atoms with Gasteiger partial charge in [0.2, 0.25) is 0 Å². The first-order chi connectivity index (χ1) is 11.6. The fourth-order valence-electron chi connectivity index (χ4n) is 3.37. The van der Waals surface area contributed by atoms with Crippen LogP contribution in [-0.2, 0) is 26.7 Å². The van der Waals surface area contributed by atoms with E-state index in [-0.39, 0.29) is 0 Å². The Morgan fingerprint density at radius 1 is 0.917 bits per heavy atom. The van der Waals surface area contributed by atoms with Crippen molar-refractivity contribution in [2.45, 2.75) is 26.6 Å². The van der Waals surface area contributed by atoms with E-state index in [9.17, 15) is 0 Å². The Balaban J connectivity index is 1.75. The van der Waals surface area contributed by atoms with Crippen molar-refractivity contribution >= 4 is 10.9 Å². The molecule has 0 saturated carbocycles. The topological polar surface area (TPSA) is 20.2 Å². The Morgan fingerprint density at radius 3 is 2.33 bits per heavy atom. The van der Waals surface area contributed by atoms with Crippen molar-refractivity contribution in [1.82, 2.24) is 14.8 Å². The van der Waals surface area contributed by atoms with Crippen LogP contribution in [0.4, 0.5) is 0 Å². The number of para-hydroxylation sites is 1. The van der Waals surface area contributed by atoms with E-state index in [0.717, 1.165) is 19.6 Å². The Labute approximate surface area is 144 Å². The first-order valence-corrected chi connectivity index (χ1v) is 8.53. The van der Waals surface area contributed by atoms with Gasteiger partial charge < -0.3 is 14.8 Å². The van der Waals surface area contributed by atoms with Crippen molar-refractivity contribution in [3.8, 4) is 0 Å². The maximum atomic E-state index is 3.65. The van der Waals surface area contributed by atoms with E-state index in [0.29, 0.717) is 0 Å². The molecule has 0 aliphatic rings. The number of hydrogen-bond donors (Lipinski definition) is 1. The van der Waals surface area contributed by atoms with Crippen molar-refractivity contribution in [1.29, 1.82) is 0 Å². The summed E-state index contributed by atoms with van der Waals surface area (Å²) in [6.07, 6.45) is 0. The summed E-state index contributed by atoms with van der Waals surface area (Å²) in [5.74, 6) is 0. The molecule has 3 rings (SSSR count). The summed E-state index contributed by atoms with van der Waals surface area (Å²) in [6, 6.07) is 17.3. The SMILES string of the molecule is Cc1c(CNCc2ccccc2CN(C)C)c2ccccc2n1C. The van der Waals surface area contributed by atoms with Crippen LogP contribution in [0.3, 0.4) is 0 Å². The molecule has 0 aliphatic carbocycles. The maximum absolute atomic E-state index is 3.65. The molecule has 3 nitrogen and oxygen atoms in total. The Bertz CT molecular complexity index is 830. The monoisotopic (exact) mass is 321 g/mol. The molecule has 3 heteroatoms. The van der Waals surface area contributed by atoms with Crippen molar-refractivity contribution in [2.24, 2.45) is 7.05 Å². The van der Waals surface area contributed by atoms with Gasteiger partial charge in [-0.15, -0.1) is 0 Å². The van der Waals surface area contributed by atoms with Gasteiger partial charge in [-0.1, -0.05) is 42.5 Å². The second kappa shape index (κ2) is 7.20. The zero-order valence-electron chi connectivity index (χ0n) is 15.1. The normalized spacial score (nSPS) is 11.5. The van der Waals surface area contributed by atoms with E-state index in [1.165, 1.54) is 33.3 Å². The second-order valence-corrected chi connectivity index (χ2v) is 6.75. The highest BCUT2D eigenvalue weighted by atomic mass is 15.0. The maximum Gasteiger partial charge on any atom is 0.0483 e. The minimum atomic E-state index is 0.892. The van der Waals surface area contributed by atoms with E-state index in [4.69, 9.17) is 0 Å². The number of fused-ring (bicyclic) bond motifs is 1. The average molecular weight is 321 g/mol. The Hall–Kier alpha value is -2.10. The molecule has 0 spiro atoms. The van der Waals surface area contributed by atoms with Crippen LogP contribution in [0.2, 0.25) is 0 Å². The van der Waals surface area contributed by atoms with Gasteiger partial charge in [0, 0.05) is 43.3 Å². The van der Waals surface area contributed by atoms with Crippen molar-refractivity contribution in [3.63, 3.8) is 0 Å². The fraction of sp³-hybridized carbons (Fsp3) is 0.333. The van der Waals surface area contributed by atoms with E-state index in [1.54, 1.807) is 0 Å². The van der Waals surface area contributed by atoms with Gasteiger partial charge in [-0.25, -0.2) is 0 Å². The summed E-state index contributed by atoms with van der Waals surface area (Å²) in [5, 5.41) is 5.00. The van der Waals surface area contributed by atoms with Crippen LogP contribution in [0.1, 0.15) is 22.4 Å². The quantitative estimate of drug-likeness (QED) is 0.744. The lowest BCUT2D eigenvalue weighted by Gasteiger charge is -2.15. The second-order valence-electron chi connectivity index (χ2n) is 6.75. The third-order valence-electron chi connectivity index (χ3n) is 4.75. The molecular formula is C21H27N3. The van der Waals surface area contributed by atoms with Gasteiger partial charge in [-0.2, -0.15) is 0 Å². The predicted octanol–water partition coefficient (Wildman–Crippen LogP) is 3.84. The summed E-state index contributed by atoms with van der Waals surface area (Å²) in [7, 11) is 6.38. The molecule has 0 unspecified atom stereocenters. The molecular weight excluding hydrogens is 294 g/mol. The lowest BCUT2D eigenvalue weighted by molar-refractivity contribution is 0.400. The number of nitrogens with one attached hydrogen (secondary N) is 1. The molecule has 2 aromatic carbocycles. The first kappa shape index (κ1) is 16.7. The van der Waals surface area contributed by atoms with E-state index < -0.39 is 0 Å². The van der Waals surface area contributed by atoms with Crippen LogP contribution in [0.5, 0.6) is 0 Å². The van der Waals surface area contributed by atoms with Gasteiger partial charge in [0.15, 0.2) is 0 Å². The molecule has 1 aromatic heterocycles.